The van der Waals surface area contributed by atoms with Crippen molar-refractivity contribution in [2.75, 3.05) is 20.3 Å². The Morgan fingerprint density at radius 2 is 2.33 bits per heavy atom. The van der Waals surface area contributed by atoms with Crippen molar-refractivity contribution >= 4 is 5.91 Å². The number of hydrogen-bond donors (Lipinski definition) is 1. The van der Waals surface area contributed by atoms with Gasteiger partial charge in [-0.05, 0) is 36.3 Å². The van der Waals surface area contributed by atoms with E-state index in [0.717, 1.165) is 6.54 Å². The summed E-state index contributed by atoms with van der Waals surface area (Å²) in [6, 6.07) is 8.75. The van der Waals surface area contributed by atoms with Crippen LogP contribution in [0.25, 0.3) is 0 Å². The Balaban J connectivity index is 1.62. The molecule has 18 heavy (non-hydrogen) atoms. The number of benzene rings is 1. The van der Waals surface area contributed by atoms with Gasteiger partial charge in [0.05, 0.1) is 0 Å². The molecule has 2 aliphatic carbocycles. The molecule has 1 amide bonds. The van der Waals surface area contributed by atoms with Gasteiger partial charge >= 0.3 is 0 Å². The minimum absolute atomic E-state index is 0.00849. The molecule has 2 aliphatic rings. The Morgan fingerprint density at radius 3 is 3.17 bits per heavy atom. The molecule has 1 spiro atoms. The van der Waals surface area contributed by atoms with E-state index in [1.54, 1.807) is 7.11 Å². The summed E-state index contributed by atoms with van der Waals surface area (Å²) in [7, 11) is 1.55. The van der Waals surface area contributed by atoms with Gasteiger partial charge in [-0.25, -0.2) is 0 Å². The largest absolute Gasteiger partial charge is 0.375 e. The number of aryl methyl sites for hydroxylation is 1. The lowest BCUT2D eigenvalue weighted by Crippen LogP contribution is -2.30. The zero-order valence-corrected chi connectivity index (χ0v) is 10.7. The van der Waals surface area contributed by atoms with Gasteiger partial charge in [-0.3, -0.25) is 4.79 Å². The van der Waals surface area contributed by atoms with Crippen molar-refractivity contribution in [2.24, 2.45) is 5.92 Å². The van der Waals surface area contributed by atoms with Crippen molar-refractivity contribution in [3.8, 4) is 0 Å². The molecule has 0 radical (unpaired) electrons. The fourth-order valence-corrected chi connectivity index (χ4v) is 3.42. The fraction of sp³-hybridized carbons (Fsp3) is 0.533. The lowest BCUT2D eigenvalue weighted by atomic mass is 9.95. The van der Waals surface area contributed by atoms with Crippen LogP contribution in [-0.4, -0.2) is 26.2 Å². The maximum atomic E-state index is 11.4. The fourth-order valence-electron chi connectivity index (χ4n) is 3.42. The highest BCUT2D eigenvalue weighted by Gasteiger charge is 2.57. The standard InChI is InChI=1S/C15H19NO2/c1-18-10-14(17)16-9-12-8-15(12)7-6-11-4-2-3-5-13(11)15/h2-5,12H,6-10H2,1H3,(H,16,17)/t12-,15+/m0/s1. The number of fused-ring (bicyclic) bond motifs is 2. The number of ether oxygens (including phenoxy) is 1. The van der Waals surface area contributed by atoms with Crippen molar-refractivity contribution in [3.05, 3.63) is 35.4 Å². The molecule has 0 bridgehead atoms. The summed E-state index contributed by atoms with van der Waals surface area (Å²) >= 11 is 0. The van der Waals surface area contributed by atoms with E-state index in [1.807, 2.05) is 0 Å². The molecular formula is C15H19NO2. The first kappa shape index (κ1) is 11.7. The van der Waals surface area contributed by atoms with Crippen LogP contribution in [0.5, 0.6) is 0 Å². The predicted molar refractivity (Wildman–Crippen MR) is 69.4 cm³/mol. The molecule has 1 fully saturated rings. The molecule has 0 heterocycles. The van der Waals surface area contributed by atoms with Crippen LogP contribution in [0.1, 0.15) is 24.0 Å². The summed E-state index contributed by atoms with van der Waals surface area (Å²) in [5.41, 5.74) is 3.40. The first-order chi connectivity index (χ1) is 8.76. The number of amides is 1. The average molecular weight is 245 g/mol. The SMILES string of the molecule is COCC(=O)NC[C@@H]1C[C@]12CCc1ccccc12. The summed E-state index contributed by atoms with van der Waals surface area (Å²) in [4.78, 5) is 11.4. The summed E-state index contributed by atoms with van der Waals surface area (Å²) in [6.07, 6.45) is 3.66. The molecule has 3 heteroatoms. The highest BCUT2D eigenvalue weighted by Crippen LogP contribution is 2.61. The number of carbonyl (C=O) groups excluding carboxylic acids is 1. The van der Waals surface area contributed by atoms with E-state index in [9.17, 15) is 4.79 Å². The Labute approximate surface area is 108 Å². The van der Waals surface area contributed by atoms with Gasteiger partial charge in [-0.2, -0.15) is 0 Å². The molecule has 96 valence electrons. The van der Waals surface area contributed by atoms with Crippen LogP contribution in [0.2, 0.25) is 0 Å². The Bertz CT molecular complexity index is 471. The van der Waals surface area contributed by atoms with Gasteiger partial charge in [0.2, 0.25) is 5.91 Å². The van der Waals surface area contributed by atoms with Crippen molar-refractivity contribution in [1.29, 1.82) is 0 Å². The van der Waals surface area contributed by atoms with Crippen LogP contribution in [0.4, 0.5) is 0 Å². The Kier molecular flexibility index (Phi) is 2.86. The van der Waals surface area contributed by atoms with Crippen LogP contribution in [0.3, 0.4) is 0 Å². The number of carbonyl (C=O) groups is 1. The van der Waals surface area contributed by atoms with Gasteiger partial charge in [-0.1, -0.05) is 24.3 Å². The molecule has 1 saturated carbocycles. The molecule has 3 nitrogen and oxygen atoms in total. The van der Waals surface area contributed by atoms with E-state index in [2.05, 4.69) is 29.6 Å². The van der Waals surface area contributed by atoms with E-state index >= 15 is 0 Å². The zero-order chi connectivity index (χ0) is 12.6. The summed E-state index contributed by atoms with van der Waals surface area (Å²) in [6.45, 7) is 0.951. The van der Waals surface area contributed by atoms with Crippen molar-refractivity contribution in [2.45, 2.75) is 24.7 Å². The summed E-state index contributed by atoms with van der Waals surface area (Å²) in [5.74, 6) is 0.604. The minimum Gasteiger partial charge on any atom is -0.375 e. The second-order valence-corrected chi connectivity index (χ2v) is 5.45. The molecule has 1 aromatic rings. The first-order valence-electron chi connectivity index (χ1n) is 6.60. The van der Waals surface area contributed by atoms with Gasteiger partial charge in [-0.15, -0.1) is 0 Å². The van der Waals surface area contributed by atoms with Gasteiger partial charge < -0.3 is 10.1 Å². The molecule has 1 N–H and O–H groups in total. The van der Waals surface area contributed by atoms with E-state index in [0.29, 0.717) is 11.3 Å². The van der Waals surface area contributed by atoms with Gasteiger partial charge in [0, 0.05) is 19.1 Å². The number of hydrogen-bond acceptors (Lipinski definition) is 2. The molecular weight excluding hydrogens is 226 g/mol. The third-order valence-corrected chi connectivity index (χ3v) is 4.45. The first-order valence-corrected chi connectivity index (χ1v) is 6.60. The highest BCUT2D eigenvalue weighted by molar-refractivity contribution is 5.77. The molecule has 0 aromatic heterocycles. The van der Waals surface area contributed by atoms with Crippen molar-refractivity contribution < 1.29 is 9.53 Å². The number of rotatable bonds is 4. The van der Waals surface area contributed by atoms with Gasteiger partial charge in [0.25, 0.3) is 0 Å². The maximum Gasteiger partial charge on any atom is 0.245 e. The van der Waals surface area contributed by atoms with Crippen molar-refractivity contribution in [1.82, 2.24) is 5.32 Å². The number of methoxy groups -OCH3 is 1. The van der Waals surface area contributed by atoms with Crippen LogP contribution in [0.15, 0.2) is 24.3 Å². The minimum atomic E-state index is -0.00849. The molecule has 2 atom stereocenters. The van der Waals surface area contributed by atoms with Crippen LogP contribution in [0, 0.1) is 5.92 Å². The van der Waals surface area contributed by atoms with Gasteiger partial charge in [0.1, 0.15) is 6.61 Å². The smallest absolute Gasteiger partial charge is 0.245 e. The maximum absolute atomic E-state index is 11.4. The normalized spacial score (nSPS) is 28.2. The summed E-state index contributed by atoms with van der Waals surface area (Å²) < 4.78 is 4.82. The van der Waals surface area contributed by atoms with Crippen molar-refractivity contribution in [3.63, 3.8) is 0 Å². The van der Waals surface area contributed by atoms with Crippen LogP contribution < -0.4 is 5.32 Å². The van der Waals surface area contributed by atoms with Crippen LogP contribution >= 0.6 is 0 Å². The summed E-state index contributed by atoms with van der Waals surface area (Å²) in [5, 5.41) is 2.96. The predicted octanol–water partition coefficient (Wildman–Crippen LogP) is 1.65. The third kappa shape index (κ3) is 1.83. The average Bonchev–Trinajstić information content (AvgIpc) is 2.96. The monoisotopic (exact) mass is 245 g/mol. The zero-order valence-electron chi connectivity index (χ0n) is 10.7. The van der Waals surface area contributed by atoms with E-state index < -0.39 is 0 Å². The highest BCUT2D eigenvalue weighted by atomic mass is 16.5. The third-order valence-electron chi connectivity index (χ3n) is 4.45. The second kappa shape index (κ2) is 4.39. The van der Waals surface area contributed by atoms with E-state index in [4.69, 9.17) is 4.74 Å². The Hall–Kier alpha value is -1.35. The Morgan fingerprint density at radius 1 is 1.50 bits per heavy atom. The molecule has 0 unspecified atom stereocenters. The van der Waals surface area contributed by atoms with Crippen LogP contribution in [-0.2, 0) is 21.4 Å². The molecule has 3 rings (SSSR count). The lowest BCUT2D eigenvalue weighted by molar-refractivity contribution is -0.124. The molecule has 0 aliphatic heterocycles. The molecule has 1 aromatic carbocycles. The topological polar surface area (TPSA) is 38.3 Å². The quantitative estimate of drug-likeness (QED) is 0.876. The number of nitrogens with one attached hydrogen (secondary N) is 1. The second-order valence-electron chi connectivity index (χ2n) is 5.45. The lowest BCUT2D eigenvalue weighted by Gasteiger charge is -2.12. The van der Waals surface area contributed by atoms with E-state index in [-0.39, 0.29) is 12.5 Å². The van der Waals surface area contributed by atoms with Gasteiger partial charge in [0.15, 0.2) is 0 Å². The van der Waals surface area contributed by atoms with E-state index in [1.165, 1.54) is 30.4 Å². The molecule has 0 saturated heterocycles.